The zero-order chi connectivity index (χ0) is 13.6. The number of hydrogen-bond acceptors (Lipinski definition) is 2. The smallest absolute Gasteiger partial charge is 0.410 e. The highest BCUT2D eigenvalue weighted by molar-refractivity contribution is 5.68. The van der Waals surface area contributed by atoms with Gasteiger partial charge in [-0.05, 0) is 40.0 Å². The van der Waals surface area contributed by atoms with Gasteiger partial charge in [-0.1, -0.05) is 11.6 Å². The number of hydrogen-bond donors (Lipinski definition) is 0. The number of nitrogens with zero attached hydrogens (tertiary/aromatic N) is 1. The molecule has 0 bridgehead atoms. The van der Waals surface area contributed by atoms with Crippen LogP contribution in [0.25, 0.3) is 0 Å². The quantitative estimate of drug-likeness (QED) is 0.426. The molecule has 0 radical (unpaired) electrons. The van der Waals surface area contributed by atoms with E-state index < -0.39 is 5.60 Å². The highest BCUT2D eigenvalue weighted by Gasteiger charge is 2.24. The first-order valence-electron chi connectivity index (χ1n) is 6.51. The number of terminal acetylenes is 1. The lowest BCUT2D eigenvalue weighted by Gasteiger charge is -2.31. The molecule has 3 heteroatoms. The van der Waals surface area contributed by atoms with Crippen LogP contribution in [0, 0.1) is 12.3 Å². The molecule has 1 heterocycles. The van der Waals surface area contributed by atoms with Gasteiger partial charge in [0.05, 0.1) is 0 Å². The van der Waals surface area contributed by atoms with Crippen LogP contribution in [0.15, 0.2) is 11.6 Å². The average Bonchev–Trinajstić information content (AvgIpc) is 2.28. The van der Waals surface area contributed by atoms with Crippen LogP contribution >= 0.6 is 0 Å². The van der Waals surface area contributed by atoms with Crippen LogP contribution in [0.3, 0.4) is 0 Å². The number of unbranched alkanes of at least 4 members (excludes halogenated alkanes) is 1. The van der Waals surface area contributed by atoms with E-state index in [1.807, 2.05) is 20.8 Å². The molecule has 0 aromatic rings. The molecule has 0 atom stereocenters. The maximum absolute atomic E-state index is 11.8. The SMILES string of the molecule is C#CCCC=C1CCN(C(=O)OC(C)(C)C)CC1. The van der Waals surface area contributed by atoms with E-state index in [-0.39, 0.29) is 6.09 Å². The summed E-state index contributed by atoms with van der Waals surface area (Å²) in [5, 5.41) is 0. The molecule has 3 nitrogen and oxygen atoms in total. The van der Waals surface area contributed by atoms with Crippen LogP contribution < -0.4 is 0 Å². The van der Waals surface area contributed by atoms with Crippen molar-refractivity contribution < 1.29 is 9.53 Å². The molecular formula is C15H23NO2. The monoisotopic (exact) mass is 249 g/mol. The van der Waals surface area contributed by atoms with Gasteiger partial charge in [-0.15, -0.1) is 12.3 Å². The number of carbonyl (C=O) groups excluding carboxylic acids is 1. The molecule has 1 fully saturated rings. The van der Waals surface area contributed by atoms with Crippen molar-refractivity contribution in [3.63, 3.8) is 0 Å². The number of rotatable bonds is 2. The lowest BCUT2D eigenvalue weighted by atomic mass is 10.0. The summed E-state index contributed by atoms with van der Waals surface area (Å²) in [6, 6.07) is 0. The number of likely N-dealkylation sites (tertiary alicyclic amines) is 1. The molecular weight excluding hydrogens is 226 g/mol. The minimum Gasteiger partial charge on any atom is -0.444 e. The molecule has 0 aromatic heterocycles. The molecule has 0 saturated carbocycles. The molecule has 0 aromatic carbocycles. The van der Waals surface area contributed by atoms with Gasteiger partial charge in [0.25, 0.3) is 0 Å². The third-order valence-electron chi connectivity index (χ3n) is 2.78. The Labute approximate surface area is 110 Å². The van der Waals surface area contributed by atoms with Gasteiger partial charge in [-0.25, -0.2) is 4.79 Å². The van der Waals surface area contributed by atoms with Gasteiger partial charge in [-0.3, -0.25) is 0 Å². The van der Waals surface area contributed by atoms with E-state index in [2.05, 4.69) is 12.0 Å². The molecule has 18 heavy (non-hydrogen) atoms. The first-order chi connectivity index (χ1) is 8.42. The molecule has 1 aliphatic heterocycles. The predicted octanol–water partition coefficient (Wildman–Crippen LogP) is 3.36. The Kier molecular flexibility index (Phi) is 5.27. The molecule has 0 unspecified atom stereocenters. The largest absolute Gasteiger partial charge is 0.444 e. The van der Waals surface area contributed by atoms with Gasteiger partial charge < -0.3 is 9.64 Å². The molecule has 1 aliphatic rings. The van der Waals surface area contributed by atoms with Crippen molar-refractivity contribution in [1.29, 1.82) is 0 Å². The molecule has 0 N–H and O–H groups in total. The first-order valence-corrected chi connectivity index (χ1v) is 6.51. The molecule has 100 valence electrons. The van der Waals surface area contributed by atoms with Crippen LogP contribution in [0.4, 0.5) is 4.79 Å². The Balaban J connectivity index is 2.37. The van der Waals surface area contributed by atoms with Crippen molar-refractivity contribution >= 4 is 6.09 Å². The van der Waals surface area contributed by atoms with E-state index in [1.54, 1.807) is 4.90 Å². The summed E-state index contributed by atoms with van der Waals surface area (Å²) in [5.41, 5.74) is 0.991. The van der Waals surface area contributed by atoms with Crippen LogP contribution in [0.2, 0.25) is 0 Å². The van der Waals surface area contributed by atoms with Crippen LogP contribution in [0.5, 0.6) is 0 Å². The number of carbonyl (C=O) groups is 1. The number of piperidine rings is 1. The molecule has 1 saturated heterocycles. The summed E-state index contributed by atoms with van der Waals surface area (Å²) >= 11 is 0. The van der Waals surface area contributed by atoms with Crippen molar-refractivity contribution in [2.75, 3.05) is 13.1 Å². The van der Waals surface area contributed by atoms with E-state index in [4.69, 9.17) is 11.2 Å². The second-order valence-corrected chi connectivity index (χ2v) is 5.57. The van der Waals surface area contributed by atoms with Gasteiger partial charge in [0.1, 0.15) is 5.60 Å². The Morgan fingerprint density at radius 2 is 2.06 bits per heavy atom. The summed E-state index contributed by atoms with van der Waals surface area (Å²) < 4.78 is 5.35. The van der Waals surface area contributed by atoms with Gasteiger partial charge in [0.15, 0.2) is 0 Å². The van der Waals surface area contributed by atoms with Crippen LogP contribution in [0.1, 0.15) is 46.5 Å². The third-order valence-corrected chi connectivity index (χ3v) is 2.78. The van der Waals surface area contributed by atoms with E-state index >= 15 is 0 Å². The van der Waals surface area contributed by atoms with E-state index in [9.17, 15) is 4.79 Å². The summed E-state index contributed by atoms with van der Waals surface area (Å²) in [5.74, 6) is 2.63. The normalized spacial score (nSPS) is 16.1. The topological polar surface area (TPSA) is 29.5 Å². The lowest BCUT2D eigenvalue weighted by Crippen LogP contribution is -2.40. The highest BCUT2D eigenvalue weighted by Crippen LogP contribution is 2.19. The molecule has 1 amide bonds. The van der Waals surface area contributed by atoms with Crippen molar-refractivity contribution in [2.45, 2.75) is 52.1 Å². The van der Waals surface area contributed by atoms with E-state index in [0.29, 0.717) is 0 Å². The lowest BCUT2D eigenvalue weighted by molar-refractivity contribution is 0.0236. The second kappa shape index (κ2) is 6.49. The van der Waals surface area contributed by atoms with Crippen molar-refractivity contribution in [2.24, 2.45) is 0 Å². The molecule has 0 spiro atoms. The Hall–Kier alpha value is -1.43. The maximum Gasteiger partial charge on any atom is 0.410 e. The van der Waals surface area contributed by atoms with Gasteiger partial charge >= 0.3 is 6.09 Å². The predicted molar refractivity (Wildman–Crippen MR) is 73.2 cm³/mol. The summed E-state index contributed by atoms with van der Waals surface area (Å²) in [6.45, 7) is 7.16. The van der Waals surface area contributed by atoms with Crippen LogP contribution in [-0.2, 0) is 4.74 Å². The third kappa shape index (κ3) is 5.27. The molecule has 0 aliphatic carbocycles. The average molecular weight is 249 g/mol. The minimum absolute atomic E-state index is 0.204. The van der Waals surface area contributed by atoms with Crippen molar-refractivity contribution in [1.82, 2.24) is 4.90 Å². The van der Waals surface area contributed by atoms with Gasteiger partial charge in [0, 0.05) is 19.5 Å². The fraction of sp³-hybridized carbons (Fsp3) is 0.667. The van der Waals surface area contributed by atoms with E-state index in [0.717, 1.165) is 38.8 Å². The van der Waals surface area contributed by atoms with Crippen molar-refractivity contribution in [3.05, 3.63) is 11.6 Å². The summed E-state index contributed by atoms with van der Waals surface area (Å²) in [4.78, 5) is 13.6. The summed E-state index contributed by atoms with van der Waals surface area (Å²) in [7, 11) is 0. The minimum atomic E-state index is -0.417. The Morgan fingerprint density at radius 1 is 1.44 bits per heavy atom. The Bertz CT molecular complexity index is 348. The highest BCUT2D eigenvalue weighted by atomic mass is 16.6. The fourth-order valence-electron chi connectivity index (χ4n) is 1.87. The maximum atomic E-state index is 11.8. The summed E-state index contributed by atoms with van der Waals surface area (Å²) in [6.07, 6.45) is 10.8. The Morgan fingerprint density at radius 3 is 2.56 bits per heavy atom. The zero-order valence-electron chi connectivity index (χ0n) is 11.7. The van der Waals surface area contributed by atoms with Gasteiger partial charge in [-0.2, -0.15) is 0 Å². The first kappa shape index (κ1) is 14.6. The fourth-order valence-corrected chi connectivity index (χ4v) is 1.87. The zero-order valence-corrected chi connectivity index (χ0v) is 11.7. The van der Waals surface area contributed by atoms with Gasteiger partial charge in [0.2, 0.25) is 0 Å². The van der Waals surface area contributed by atoms with Crippen molar-refractivity contribution in [3.8, 4) is 12.3 Å². The number of amides is 1. The van der Waals surface area contributed by atoms with Crippen LogP contribution in [-0.4, -0.2) is 29.7 Å². The number of ether oxygens (including phenoxy) is 1. The second-order valence-electron chi connectivity index (χ2n) is 5.57. The van der Waals surface area contributed by atoms with E-state index in [1.165, 1.54) is 5.57 Å². The molecule has 1 rings (SSSR count). The standard InChI is InChI=1S/C15H23NO2/c1-5-6-7-8-13-9-11-16(12-10-13)14(17)18-15(2,3)4/h1,8H,6-7,9-12H2,2-4H3. The number of allylic oxidation sites excluding steroid dienone is 1.